The van der Waals surface area contributed by atoms with Crippen LogP contribution in [0.15, 0.2) is 59.6 Å². The molecular formula is C20H26FN3O2. The van der Waals surface area contributed by atoms with Crippen molar-refractivity contribution in [2.45, 2.75) is 26.2 Å². The molecule has 0 aliphatic carbocycles. The van der Waals surface area contributed by atoms with Crippen LogP contribution in [0, 0.1) is 5.82 Å². The molecule has 0 spiro atoms. The molecule has 0 saturated carbocycles. The summed E-state index contributed by atoms with van der Waals surface area (Å²) in [5, 5.41) is 16.2. The first-order valence-corrected chi connectivity index (χ1v) is 8.73. The second kappa shape index (κ2) is 11.2. The van der Waals surface area contributed by atoms with Crippen molar-refractivity contribution in [3.63, 3.8) is 0 Å². The lowest BCUT2D eigenvalue weighted by Crippen LogP contribution is -2.42. The maximum atomic E-state index is 12.9. The largest absolute Gasteiger partial charge is 0.389 e. The van der Waals surface area contributed by atoms with E-state index in [0.29, 0.717) is 32.2 Å². The van der Waals surface area contributed by atoms with Crippen LogP contribution in [0.25, 0.3) is 0 Å². The third-order valence-electron chi connectivity index (χ3n) is 3.60. The van der Waals surface area contributed by atoms with E-state index in [9.17, 15) is 9.50 Å². The van der Waals surface area contributed by atoms with E-state index in [1.807, 2.05) is 37.3 Å². The molecule has 0 amide bonds. The number of ether oxygens (including phenoxy) is 1. The van der Waals surface area contributed by atoms with Crippen molar-refractivity contribution in [1.29, 1.82) is 0 Å². The van der Waals surface area contributed by atoms with Crippen LogP contribution in [0.4, 0.5) is 4.39 Å². The fraction of sp³-hybridized carbons (Fsp3) is 0.350. The monoisotopic (exact) mass is 359 g/mol. The Morgan fingerprint density at radius 2 is 1.81 bits per heavy atom. The molecule has 0 fully saturated rings. The Labute approximate surface area is 153 Å². The Kier molecular flexibility index (Phi) is 8.59. The molecule has 0 aromatic heterocycles. The van der Waals surface area contributed by atoms with E-state index in [1.165, 1.54) is 12.1 Å². The lowest BCUT2D eigenvalue weighted by atomic mass is 10.2. The minimum atomic E-state index is -0.645. The second-order valence-corrected chi connectivity index (χ2v) is 5.86. The van der Waals surface area contributed by atoms with Gasteiger partial charge in [-0.15, -0.1) is 0 Å². The number of halogens is 1. The lowest BCUT2D eigenvalue weighted by molar-refractivity contribution is 0.0308. The highest BCUT2D eigenvalue weighted by Gasteiger charge is 2.06. The van der Waals surface area contributed by atoms with Crippen molar-refractivity contribution in [2.24, 2.45) is 4.99 Å². The Balaban J connectivity index is 1.73. The predicted octanol–water partition coefficient (Wildman–Crippen LogP) is 2.46. The van der Waals surface area contributed by atoms with Crippen molar-refractivity contribution < 1.29 is 14.2 Å². The summed E-state index contributed by atoms with van der Waals surface area (Å²) < 4.78 is 18.5. The molecule has 26 heavy (non-hydrogen) atoms. The first-order chi connectivity index (χ1) is 12.7. The van der Waals surface area contributed by atoms with Gasteiger partial charge in [0.1, 0.15) is 5.82 Å². The van der Waals surface area contributed by atoms with E-state index in [0.717, 1.165) is 11.1 Å². The minimum absolute atomic E-state index is 0.235. The SMILES string of the molecule is CCNC(=NCc1ccc(F)cc1)NCC(O)COCc1ccccc1. The normalized spacial score (nSPS) is 12.7. The molecule has 0 heterocycles. The minimum Gasteiger partial charge on any atom is -0.389 e. The topological polar surface area (TPSA) is 65.9 Å². The molecule has 6 heteroatoms. The van der Waals surface area contributed by atoms with Crippen LogP contribution in [0.3, 0.4) is 0 Å². The fourth-order valence-electron chi connectivity index (χ4n) is 2.26. The van der Waals surface area contributed by atoms with Gasteiger partial charge >= 0.3 is 0 Å². The Bertz CT molecular complexity index is 663. The van der Waals surface area contributed by atoms with Gasteiger partial charge in [0.25, 0.3) is 0 Å². The van der Waals surface area contributed by atoms with Crippen LogP contribution >= 0.6 is 0 Å². The van der Waals surface area contributed by atoms with E-state index >= 15 is 0 Å². The molecule has 0 saturated heterocycles. The summed E-state index contributed by atoms with van der Waals surface area (Å²) in [7, 11) is 0. The van der Waals surface area contributed by atoms with Crippen molar-refractivity contribution >= 4 is 5.96 Å². The van der Waals surface area contributed by atoms with Gasteiger partial charge in [-0.3, -0.25) is 0 Å². The number of rotatable bonds is 9. The highest BCUT2D eigenvalue weighted by Crippen LogP contribution is 2.04. The zero-order chi connectivity index (χ0) is 18.6. The molecule has 0 bridgehead atoms. The van der Waals surface area contributed by atoms with Crippen LogP contribution in [-0.4, -0.2) is 36.9 Å². The Hall–Kier alpha value is -2.44. The van der Waals surface area contributed by atoms with Crippen LogP contribution in [-0.2, 0) is 17.9 Å². The maximum absolute atomic E-state index is 12.9. The molecule has 0 radical (unpaired) electrons. The van der Waals surface area contributed by atoms with Gasteiger partial charge in [0.2, 0.25) is 0 Å². The number of hydrogen-bond donors (Lipinski definition) is 3. The van der Waals surface area contributed by atoms with Crippen molar-refractivity contribution in [2.75, 3.05) is 19.7 Å². The third kappa shape index (κ3) is 7.63. The summed E-state index contributed by atoms with van der Waals surface area (Å²) in [4.78, 5) is 4.43. The molecule has 140 valence electrons. The molecule has 2 rings (SSSR count). The molecule has 2 aromatic carbocycles. The smallest absolute Gasteiger partial charge is 0.191 e. The third-order valence-corrected chi connectivity index (χ3v) is 3.60. The Morgan fingerprint density at radius 3 is 2.50 bits per heavy atom. The fourth-order valence-corrected chi connectivity index (χ4v) is 2.26. The van der Waals surface area contributed by atoms with Gasteiger partial charge in [0.15, 0.2) is 5.96 Å². The van der Waals surface area contributed by atoms with Crippen LogP contribution in [0.2, 0.25) is 0 Å². The quantitative estimate of drug-likeness (QED) is 0.475. The van der Waals surface area contributed by atoms with Gasteiger partial charge in [-0.25, -0.2) is 9.38 Å². The first-order valence-electron chi connectivity index (χ1n) is 8.73. The van der Waals surface area contributed by atoms with Gasteiger partial charge < -0.3 is 20.5 Å². The zero-order valence-electron chi connectivity index (χ0n) is 15.0. The second-order valence-electron chi connectivity index (χ2n) is 5.86. The zero-order valence-corrected chi connectivity index (χ0v) is 15.0. The summed E-state index contributed by atoms with van der Waals surface area (Å²) in [6.45, 7) is 4.13. The van der Waals surface area contributed by atoms with Crippen LogP contribution in [0.1, 0.15) is 18.1 Å². The first kappa shape index (κ1) is 19.9. The molecule has 2 aromatic rings. The van der Waals surface area contributed by atoms with Gasteiger partial charge in [-0.1, -0.05) is 42.5 Å². The number of nitrogens with one attached hydrogen (secondary N) is 2. The summed E-state index contributed by atoms with van der Waals surface area (Å²) in [5.41, 5.74) is 1.98. The number of benzene rings is 2. The highest BCUT2D eigenvalue weighted by molar-refractivity contribution is 5.79. The number of aliphatic hydroxyl groups excluding tert-OH is 1. The molecule has 0 aliphatic rings. The summed E-state index contributed by atoms with van der Waals surface area (Å²) in [6, 6.07) is 16.1. The number of aliphatic hydroxyl groups is 1. The van der Waals surface area contributed by atoms with Crippen LogP contribution < -0.4 is 10.6 Å². The van der Waals surface area contributed by atoms with Gasteiger partial charge in [-0.05, 0) is 30.2 Å². The number of aliphatic imine (C=N–C) groups is 1. The molecule has 0 aliphatic heterocycles. The average molecular weight is 359 g/mol. The lowest BCUT2D eigenvalue weighted by Gasteiger charge is -2.15. The molecule has 3 N–H and O–H groups in total. The van der Waals surface area contributed by atoms with Crippen molar-refractivity contribution in [1.82, 2.24) is 10.6 Å². The number of guanidine groups is 1. The Morgan fingerprint density at radius 1 is 1.08 bits per heavy atom. The van der Waals surface area contributed by atoms with Gasteiger partial charge in [-0.2, -0.15) is 0 Å². The molecular weight excluding hydrogens is 333 g/mol. The van der Waals surface area contributed by atoms with E-state index in [4.69, 9.17) is 4.74 Å². The maximum Gasteiger partial charge on any atom is 0.191 e. The average Bonchev–Trinajstić information content (AvgIpc) is 2.66. The summed E-state index contributed by atoms with van der Waals surface area (Å²) in [6.07, 6.45) is -0.645. The standard InChI is InChI=1S/C20H26FN3O2/c1-2-22-20(23-12-16-8-10-18(21)11-9-16)24-13-19(25)15-26-14-17-6-4-3-5-7-17/h3-11,19,25H,2,12-15H2,1H3,(H2,22,23,24). The number of hydrogen-bond acceptors (Lipinski definition) is 3. The van der Waals surface area contributed by atoms with E-state index in [1.54, 1.807) is 12.1 Å². The van der Waals surface area contributed by atoms with Gasteiger partial charge in [0, 0.05) is 13.1 Å². The number of nitrogens with zero attached hydrogens (tertiary/aromatic N) is 1. The predicted molar refractivity (Wildman–Crippen MR) is 101 cm³/mol. The molecule has 5 nitrogen and oxygen atoms in total. The van der Waals surface area contributed by atoms with Crippen molar-refractivity contribution in [3.8, 4) is 0 Å². The van der Waals surface area contributed by atoms with E-state index < -0.39 is 6.10 Å². The molecule has 1 unspecified atom stereocenters. The van der Waals surface area contributed by atoms with E-state index in [-0.39, 0.29) is 12.4 Å². The van der Waals surface area contributed by atoms with Gasteiger partial charge in [0.05, 0.1) is 25.9 Å². The van der Waals surface area contributed by atoms with E-state index in [2.05, 4.69) is 15.6 Å². The summed E-state index contributed by atoms with van der Waals surface area (Å²) >= 11 is 0. The molecule has 1 atom stereocenters. The highest BCUT2D eigenvalue weighted by atomic mass is 19.1. The summed E-state index contributed by atoms with van der Waals surface area (Å²) in [5.74, 6) is 0.334. The van der Waals surface area contributed by atoms with Crippen molar-refractivity contribution in [3.05, 3.63) is 71.5 Å². The van der Waals surface area contributed by atoms with Crippen LogP contribution in [0.5, 0.6) is 0 Å².